The molecule has 0 bridgehead atoms. The summed E-state index contributed by atoms with van der Waals surface area (Å²) in [5.41, 5.74) is 17.9. The molecule has 0 unspecified atom stereocenters. The molecular weight excluding hydrogens is 631 g/mol. The molecule has 0 aliphatic heterocycles. The smallest absolute Gasteiger partial charge is 0.156 e. The van der Waals surface area contributed by atoms with E-state index in [1.165, 1.54) is 77.6 Å². The van der Waals surface area contributed by atoms with Gasteiger partial charge < -0.3 is 4.57 Å². The van der Waals surface area contributed by atoms with Crippen molar-refractivity contribution < 1.29 is 0 Å². The highest BCUT2D eigenvalue weighted by Crippen LogP contribution is 2.45. The fourth-order valence-corrected chi connectivity index (χ4v) is 8.16. The van der Waals surface area contributed by atoms with Crippen molar-refractivity contribution in [1.29, 1.82) is 0 Å². The number of benzene rings is 5. The summed E-state index contributed by atoms with van der Waals surface area (Å²) in [6, 6.07) is 41.9. The van der Waals surface area contributed by atoms with Gasteiger partial charge in [-0.05, 0) is 133 Å². The molecule has 5 aromatic carbocycles. The number of aryl methyl sites for hydroxylation is 1. The van der Waals surface area contributed by atoms with Crippen LogP contribution in [0.1, 0.15) is 54.9 Å². The number of hydrogen-bond donors (Lipinski definition) is 0. The molecule has 3 aliphatic carbocycles. The topological polar surface area (TPSA) is 29.6 Å². The summed E-state index contributed by atoms with van der Waals surface area (Å²) in [5.74, 6) is 0.783. The fourth-order valence-electron chi connectivity index (χ4n) is 8.16. The summed E-state index contributed by atoms with van der Waals surface area (Å²) in [6.45, 7) is 8.72. The first kappa shape index (κ1) is 31.9. The molecule has 0 spiro atoms. The zero-order valence-electron chi connectivity index (χ0n) is 29.9. The normalized spacial score (nSPS) is 15.9. The van der Waals surface area contributed by atoms with Crippen LogP contribution >= 0.6 is 0 Å². The van der Waals surface area contributed by atoms with E-state index >= 15 is 0 Å². The molecule has 0 N–H and O–H groups in total. The van der Waals surface area contributed by atoms with Gasteiger partial charge in [-0.3, -0.25) is 0 Å². The predicted molar refractivity (Wildman–Crippen MR) is 221 cm³/mol. The van der Waals surface area contributed by atoms with Crippen LogP contribution in [0.4, 0.5) is 0 Å². The van der Waals surface area contributed by atoms with Gasteiger partial charge in [0.1, 0.15) is 0 Å². The van der Waals surface area contributed by atoms with Crippen molar-refractivity contribution in [3.8, 4) is 16.8 Å². The standard InChI is InChI=1S/C49H41N3/c1-32-22-26-46-44(28-32)45-31-38(25-27-47(45)52(46)41-19-11-6-12-20-41)37-23-24-39-29-40-18-13-21-42(48(40)43(39)30-37)49(50-33(2)35-14-7-4-8-15-35)51-34(3)36-16-9-5-10-17-36/h4-7,9-12,14,16-20,22-28,30-31H,2,8,13,15,21,29H2,1,3H3. The van der Waals surface area contributed by atoms with Crippen molar-refractivity contribution in [3.63, 3.8) is 0 Å². The van der Waals surface area contributed by atoms with Crippen LogP contribution < -0.4 is 0 Å². The highest BCUT2D eigenvalue weighted by Gasteiger charge is 2.29. The Balaban J connectivity index is 1.19. The Kier molecular flexibility index (Phi) is 8.12. The summed E-state index contributed by atoms with van der Waals surface area (Å²) in [7, 11) is 0. The molecule has 0 fully saturated rings. The third-order valence-electron chi connectivity index (χ3n) is 10.8. The van der Waals surface area contributed by atoms with Crippen LogP contribution in [-0.4, -0.2) is 16.1 Å². The first-order valence-corrected chi connectivity index (χ1v) is 18.4. The number of nitrogens with zero attached hydrogens (tertiary/aromatic N) is 3. The molecule has 1 heterocycles. The fraction of sp³-hybridized carbons (Fsp3) is 0.143. The Labute approximate surface area is 306 Å². The van der Waals surface area contributed by atoms with Gasteiger partial charge in [-0.2, -0.15) is 0 Å². The number of amidine groups is 1. The first-order valence-electron chi connectivity index (χ1n) is 18.4. The number of rotatable bonds is 6. The zero-order valence-corrected chi connectivity index (χ0v) is 29.9. The van der Waals surface area contributed by atoms with E-state index in [0.29, 0.717) is 0 Å². The second kappa shape index (κ2) is 13.2. The van der Waals surface area contributed by atoms with Crippen molar-refractivity contribution in [3.05, 3.63) is 191 Å². The molecule has 52 heavy (non-hydrogen) atoms. The number of para-hydroxylation sites is 1. The van der Waals surface area contributed by atoms with Gasteiger partial charge in [-0.1, -0.05) is 109 Å². The van der Waals surface area contributed by atoms with Crippen molar-refractivity contribution >= 4 is 38.9 Å². The molecule has 3 nitrogen and oxygen atoms in total. The van der Waals surface area contributed by atoms with Crippen LogP contribution in [-0.2, 0) is 6.42 Å². The SMILES string of the molecule is C=C(N=C(N=C(C)c1ccccc1)C1=C2C(=CCC1)Cc1ccc(-c3ccc4c(c3)c3cc(C)ccc3n4-c3ccccc3)cc12)C1=CC=CCC1. The van der Waals surface area contributed by atoms with Crippen LogP contribution in [0.25, 0.3) is 44.2 Å². The molecule has 6 aromatic rings. The van der Waals surface area contributed by atoms with E-state index in [-0.39, 0.29) is 0 Å². The summed E-state index contributed by atoms with van der Waals surface area (Å²) >= 11 is 0. The second-order valence-corrected chi connectivity index (χ2v) is 14.2. The molecule has 9 rings (SSSR count). The molecule has 0 radical (unpaired) electrons. The molecule has 0 saturated heterocycles. The molecule has 252 valence electrons. The van der Waals surface area contributed by atoms with E-state index in [9.17, 15) is 0 Å². The van der Waals surface area contributed by atoms with Crippen molar-refractivity contribution in [2.75, 3.05) is 0 Å². The third kappa shape index (κ3) is 5.73. The summed E-state index contributed by atoms with van der Waals surface area (Å²) < 4.78 is 2.39. The highest BCUT2D eigenvalue weighted by atomic mass is 15.0. The maximum absolute atomic E-state index is 5.29. The van der Waals surface area contributed by atoms with Gasteiger partial charge in [0.05, 0.1) is 16.7 Å². The van der Waals surface area contributed by atoms with Gasteiger partial charge in [0.2, 0.25) is 0 Å². The van der Waals surface area contributed by atoms with Gasteiger partial charge in [-0.25, -0.2) is 9.98 Å². The molecular formula is C49H41N3. The lowest BCUT2D eigenvalue weighted by Gasteiger charge is -2.19. The summed E-state index contributed by atoms with van der Waals surface area (Å²) in [5, 5.41) is 2.55. The molecule has 0 amide bonds. The minimum absolute atomic E-state index is 0.783. The first-order chi connectivity index (χ1) is 25.5. The van der Waals surface area contributed by atoms with E-state index in [4.69, 9.17) is 9.98 Å². The van der Waals surface area contributed by atoms with Gasteiger partial charge in [-0.15, -0.1) is 0 Å². The summed E-state index contributed by atoms with van der Waals surface area (Å²) in [4.78, 5) is 10.5. The minimum Gasteiger partial charge on any atom is -0.309 e. The van der Waals surface area contributed by atoms with Gasteiger partial charge >= 0.3 is 0 Å². The highest BCUT2D eigenvalue weighted by molar-refractivity contribution is 6.17. The quantitative estimate of drug-likeness (QED) is 0.125. The van der Waals surface area contributed by atoms with Crippen LogP contribution in [0.2, 0.25) is 0 Å². The second-order valence-electron chi connectivity index (χ2n) is 14.2. The van der Waals surface area contributed by atoms with Gasteiger partial charge in [0.25, 0.3) is 0 Å². The average Bonchev–Trinajstić information content (AvgIpc) is 3.73. The minimum atomic E-state index is 0.783. The Bertz CT molecular complexity index is 2600. The lowest BCUT2D eigenvalue weighted by atomic mass is 9.88. The molecule has 3 heteroatoms. The molecule has 0 saturated carbocycles. The Morgan fingerprint density at radius 2 is 1.46 bits per heavy atom. The Hall–Kier alpha value is -6.06. The predicted octanol–water partition coefficient (Wildman–Crippen LogP) is 12.5. The monoisotopic (exact) mass is 671 g/mol. The number of hydrogen-bond acceptors (Lipinski definition) is 1. The van der Waals surface area contributed by atoms with E-state index in [1.54, 1.807) is 0 Å². The van der Waals surface area contributed by atoms with Gasteiger partial charge in [0, 0.05) is 27.7 Å². The lowest BCUT2D eigenvalue weighted by Crippen LogP contribution is -2.10. The number of allylic oxidation sites excluding steroid dienone is 7. The van der Waals surface area contributed by atoms with Crippen LogP contribution in [0.15, 0.2) is 179 Å². The Morgan fingerprint density at radius 1 is 0.731 bits per heavy atom. The molecule has 1 aromatic heterocycles. The number of aliphatic imine (C=N–C) groups is 2. The Morgan fingerprint density at radius 3 is 2.25 bits per heavy atom. The van der Waals surface area contributed by atoms with E-state index in [1.807, 2.05) is 6.07 Å². The van der Waals surface area contributed by atoms with Crippen LogP contribution in [0.3, 0.4) is 0 Å². The third-order valence-corrected chi connectivity index (χ3v) is 10.8. The average molecular weight is 672 g/mol. The largest absolute Gasteiger partial charge is 0.309 e. The van der Waals surface area contributed by atoms with Crippen molar-refractivity contribution in [2.45, 2.75) is 46.0 Å². The van der Waals surface area contributed by atoms with E-state index in [2.05, 4.69) is 158 Å². The molecule has 3 aliphatic rings. The van der Waals surface area contributed by atoms with Crippen molar-refractivity contribution in [2.24, 2.45) is 9.98 Å². The van der Waals surface area contributed by atoms with Crippen molar-refractivity contribution in [1.82, 2.24) is 4.57 Å². The maximum atomic E-state index is 5.29. The number of fused-ring (bicyclic) bond motifs is 6. The van der Waals surface area contributed by atoms with Crippen LogP contribution in [0, 0.1) is 6.92 Å². The van der Waals surface area contributed by atoms with E-state index in [0.717, 1.165) is 54.9 Å². The maximum Gasteiger partial charge on any atom is 0.156 e. The zero-order chi connectivity index (χ0) is 35.2. The van der Waals surface area contributed by atoms with Crippen LogP contribution in [0.5, 0.6) is 0 Å². The lowest BCUT2D eigenvalue weighted by molar-refractivity contribution is 0.958. The molecule has 0 atom stereocenters. The number of aromatic nitrogens is 1. The summed E-state index contributed by atoms with van der Waals surface area (Å²) in [6.07, 6.45) is 13.7. The van der Waals surface area contributed by atoms with Gasteiger partial charge in [0.15, 0.2) is 5.84 Å². The van der Waals surface area contributed by atoms with E-state index < -0.39 is 0 Å².